The lowest BCUT2D eigenvalue weighted by molar-refractivity contribution is 0.310. The van der Waals surface area contributed by atoms with E-state index in [4.69, 9.17) is 14.5 Å². The highest BCUT2D eigenvalue weighted by atomic mass is 16.5. The summed E-state index contributed by atoms with van der Waals surface area (Å²) in [4.78, 5) is 18.0. The fraction of sp³-hybridized carbons (Fsp3) is 0.476. The summed E-state index contributed by atoms with van der Waals surface area (Å²) in [5.41, 5.74) is 0. The van der Waals surface area contributed by atoms with E-state index in [0.29, 0.717) is 13.2 Å². The summed E-state index contributed by atoms with van der Waals surface area (Å²) in [6.07, 6.45) is 4.42. The Hall–Kier alpha value is -3.03. The van der Waals surface area contributed by atoms with Crippen LogP contribution in [0.4, 0.5) is 5.95 Å². The first-order valence-electron chi connectivity index (χ1n) is 10.1. The van der Waals surface area contributed by atoms with E-state index in [1.54, 1.807) is 19.5 Å². The molecule has 1 saturated heterocycles. The Balaban J connectivity index is 1.45. The predicted octanol–water partition coefficient (Wildman–Crippen LogP) is 2.04. The molecule has 2 heterocycles. The molecular formula is C21H30N6O2. The monoisotopic (exact) mass is 398 g/mol. The average Bonchev–Trinajstić information content (AvgIpc) is 2.79. The Morgan fingerprint density at radius 1 is 1.10 bits per heavy atom. The number of rotatable bonds is 8. The topological polar surface area (TPSA) is 75.1 Å². The third-order valence-corrected chi connectivity index (χ3v) is 4.62. The Kier molecular flexibility index (Phi) is 7.91. The first kappa shape index (κ1) is 20.7. The SMILES string of the molecule is CCNC(=NCCCOc1cccc(OC)c1)N1CCN(c2ncccn2)CC1. The van der Waals surface area contributed by atoms with Crippen molar-refractivity contribution in [2.45, 2.75) is 13.3 Å². The van der Waals surface area contributed by atoms with Crippen molar-refractivity contribution < 1.29 is 9.47 Å². The first-order chi connectivity index (χ1) is 14.3. The maximum Gasteiger partial charge on any atom is 0.225 e. The number of hydrogen-bond acceptors (Lipinski definition) is 6. The number of nitrogens with zero attached hydrogens (tertiary/aromatic N) is 5. The lowest BCUT2D eigenvalue weighted by Crippen LogP contribution is -2.53. The lowest BCUT2D eigenvalue weighted by Gasteiger charge is -2.36. The summed E-state index contributed by atoms with van der Waals surface area (Å²) in [6.45, 7) is 7.83. The molecule has 0 amide bonds. The third-order valence-electron chi connectivity index (χ3n) is 4.62. The number of nitrogens with one attached hydrogen (secondary N) is 1. The zero-order valence-corrected chi connectivity index (χ0v) is 17.3. The minimum Gasteiger partial charge on any atom is -0.497 e. The van der Waals surface area contributed by atoms with Gasteiger partial charge in [0, 0.05) is 64.1 Å². The van der Waals surface area contributed by atoms with Crippen molar-refractivity contribution in [2.75, 3.05) is 57.9 Å². The van der Waals surface area contributed by atoms with Gasteiger partial charge in [-0.1, -0.05) is 6.07 Å². The lowest BCUT2D eigenvalue weighted by atomic mass is 10.3. The standard InChI is InChI=1S/C21H30N6O2/c1-3-22-20(25-11-6-16-29-19-8-4-7-18(17-19)28-2)26-12-14-27(15-13-26)21-23-9-5-10-24-21/h4-5,7-10,17H,3,6,11-16H2,1-2H3,(H,22,25). The average molecular weight is 399 g/mol. The van der Waals surface area contributed by atoms with E-state index in [0.717, 1.165) is 62.6 Å². The van der Waals surface area contributed by atoms with Crippen LogP contribution in [0.1, 0.15) is 13.3 Å². The normalized spacial score (nSPS) is 14.6. The molecule has 1 aromatic carbocycles. The van der Waals surface area contributed by atoms with Crippen molar-refractivity contribution in [3.05, 3.63) is 42.7 Å². The van der Waals surface area contributed by atoms with Gasteiger partial charge < -0.3 is 24.6 Å². The van der Waals surface area contributed by atoms with Crippen LogP contribution in [0.15, 0.2) is 47.7 Å². The zero-order valence-electron chi connectivity index (χ0n) is 17.3. The van der Waals surface area contributed by atoms with Crippen molar-refractivity contribution in [3.63, 3.8) is 0 Å². The molecule has 0 unspecified atom stereocenters. The van der Waals surface area contributed by atoms with E-state index < -0.39 is 0 Å². The minimum atomic E-state index is 0.620. The molecule has 156 valence electrons. The molecule has 29 heavy (non-hydrogen) atoms. The van der Waals surface area contributed by atoms with Crippen molar-refractivity contribution in [2.24, 2.45) is 4.99 Å². The first-order valence-corrected chi connectivity index (χ1v) is 10.1. The largest absolute Gasteiger partial charge is 0.497 e. The van der Waals surface area contributed by atoms with Crippen LogP contribution >= 0.6 is 0 Å². The number of aliphatic imine (C=N–C) groups is 1. The Labute approximate surface area is 172 Å². The van der Waals surface area contributed by atoms with Gasteiger partial charge in [0.25, 0.3) is 0 Å². The number of aromatic nitrogens is 2. The van der Waals surface area contributed by atoms with Crippen molar-refractivity contribution in [1.29, 1.82) is 0 Å². The van der Waals surface area contributed by atoms with E-state index in [2.05, 4.69) is 32.0 Å². The maximum absolute atomic E-state index is 5.79. The molecule has 1 N–H and O–H groups in total. The highest BCUT2D eigenvalue weighted by molar-refractivity contribution is 5.80. The zero-order chi connectivity index (χ0) is 20.3. The fourth-order valence-electron chi connectivity index (χ4n) is 3.13. The van der Waals surface area contributed by atoms with Crippen LogP contribution in [0.2, 0.25) is 0 Å². The van der Waals surface area contributed by atoms with Gasteiger partial charge in [-0.2, -0.15) is 0 Å². The van der Waals surface area contributed by atoms with Gasteiger partial charge in [0.2, 0.25) is 5.95 Å². The second kappa shape index (κ2) is 11.1. The van der Waals surface area contributed by atoms with Gasteiger partial charge in [-0.15, -0.1) is 0 Å². The molecule has 1 aromatic heterocycles. The van der Waals surface area contributed by atoms with Gasteiger partial charge >= 0.3 is 0 Å². The fourth-order valence-corrected chi connectivity index (χ4v) is 3.13. The highest BCUT2D eigenvalue weighted by Crippen LogP contribution is 2.18. The smallest absolute Gasteiger partial charge is 0.225 e. The van der Waals surface area contributed by atoms with E-state index >= 15 is 0 Å². The second-order valence-electron chi connectivity index (χ2n) is 6.64. The molecule has 0 atom stereocenters. The molecule has 1 aliphatic heterocycles. The van der Waals surface area contributed by atoms with Gasteiger partial charge in [0.15, 0.2) is 5.96 Å². The number of ether oxygens (including phenoxy) is 2. The number of anilines is 1. The van der Waals surface area contributed by atoms with Gasteiger partial charge in [-0.3, -0.25) is 4.99 Å². The third kappa shape index (κ3) is 6.23. The Bertz CT molecular complexity index is 763. The van der Waals surface area contributed by atoms with Crippen LogP contribution in [-0.2, 0) is 0 Å². The molecule has 0 radical (unpaired) electrons. The minimum absolute atomic E-state index is 0.620. The summed E-state index contributed by atoms with van der Waals surface area (Å²) >= 11 is 0. The van der Waals surface area contributed by atoms with E-state index in [-0.39, 0.29) is 0 Å². The van der Waals surface area contributed by atoms with Gasteiger partial charge in [-0.25, -0.2) is 9.97 Å². The van der Waals surface area contributed by atoms with Crippen molar-refractivity contribution in [3.8, 4) is 11.5 Å². The molecule has 3 rings (SSSR count). The van der Waals surface area contributed by atoms with Crippen LogP contribution < -0.4 is 19.7 Å². The molecule has 1 aliphatic rings. The molecule has 0 bridgehead atoms. The van der Waals surface area contributed by atoms with E-state index in [1.165, 1.54) is 0 Å². The van der Waals surface area contributed by atoms with Crippen LogP contribution in [0, 0.1) is 0 Å². The van der Waals surface area contributed by atoms with Gasteiger partial charge in [0.05, 0.1) is 13.7 Å². The van der Waals surface area contributed by atoms with Gasteiger partial charge in [0.1, 0.15) is 11.5 Å². The summed E-state index contributed by atoms with van der Waals surface area (Å²) in [5, 5.41) is 3.40. The summed E-state index contributed by atoms with van der Waals surface area (Å²) < 4.78 is 11.0. The number of piperazine rings is 1. The number of guanidine groups is 1. The molecule has 0 spiro atoms. The second-order valence-corrected chi connectivity index (χ2v) is 6.64. The van der Waals surface area contributed by atoms with Crippen molar-refractivity contribution in [1.82, 2.24) is 20.2 Å². The highest BCUT2D eigenvalue weighted by Gasteiger charge is 2.20. The maximum atomic E-state index is 5.79. The van der Waals surface area contributed by atoms with E-state index in [9.17, 15) is 0 Å². The van der Waals surface area contributed by atoms with Crippen LogP contribution in [0.25, 0.3) is 0 Å². The molecule has 8 heteroatoms. The van der Waals surface area contributed by atoms with Crippen LogP contribution in [-0.4, -0.2) is 73.8 Å². The van der Waals surface area contributed by atoms with Gasteiger partial charge in [-0.05, 0) is 25.1 Å². The van der Waals surface area contributed by atoms with Crippen molar-refractivity contribution >= 4 is 11.9 Å². The number of methoxy groups -OCH3 is 1. The van der Waals surface area contributed by atoms with Crippen LogP contribution in [0.5, 0.6) is 11.5 Å². The summed E-state index contributed by atoms with van der Waals surface area (Å²) in [7, 11) is 1.66. The molecule has 2 aromatic rings. The molecule has 0 aliphatic carbocycles. The predicted molar refractivity (Wildman–Crippen MR) is 115 cm³/mol. The molecule has 1 fully saturated rings. The molecule has 8 nitrogen and oxygen atoms in total. The van der Waals surface area contributed by atoms with E-state index in [1.807, 2.05) is 30.3 Å². The summed E-state index contributed by atoms with van der Waals surface area (Å²) in [5.74, 6) is 3.38. The Morgan fingerprint density at radius 2 is 1.86 bits per heavy atom. The summed E-state index contributed by atoms with van der Waals surface area (Å²) in [6, 6.07) is 9.50. The Morgan fingerprint density at radius 3 is 2.59 bits per heavy atom. The molecule has 0 saturated carbocycles. The van der Waals surface area contributed by atoms with Crippen LogP contribution in [0.3, 0.4) is 0 Å². The number of benzene rings is 1. The number of hydrogen-bond donors (Lipinski definition) is 1. The quantitative estimate of drug-likeness (QED) is 0.414. The molecular weight excluding hydrogens is 368 g/mol.